The van der Waals surface area contributed by atoms with Gasteiger partial charge in [-0.3, -0.25) is 13.9 Å². The molecule has 4 rings (SSSR count). The van der Waals surface area contributed by atoms with Crippen LogP contribution in [0, 0.1) is 0 Å². The maximum absolute atomic E-state index is 13.1. The van der Waals surface area contributed by atoms with E-state index in [1.165, 1.54) is 11.6 Å². The van der Waals surface area contributed by atoms with Crippen LogP contribution in [0.4, 0.5) is 0 Å². The van der Waals surface area contributed by atoms with Crippen LogP contribution in [-0.4, -0.2) is 13.7 Å². The monoisotopic (exact) mass is 393 g/mol. The second kappa shape index (κ2) is 6.84. The first-order chi connectivity index (χ1) is 13.5. The van der Waals surface area contributed by atoms with Gasteiger partial charge in [-0.15, -0.1) is 0 Å². The summed E-state index contributed by atoms with van der Waals surface area (Å²) < 4.78 is 4.62. The summed E-state index contributed by atoms with van der Waals surface area (Å²) in [6, 6.07) is 15.5. The largest absolute Gasteiger partial charge is 0.330 e. The zero-order valence-electron chi connectivity index (χ0n) is 15.9. The maximum Gasteiger partial charge on any atom is 0.330 e. The lowest BCUT2D eigenvalue weighted by molar-refractivity contribution is 0.714. The van der Waals surface area contributed by atoms with Gasteiger partial charge in [0.05, 0.1) is 16.6 Å². The number of fused-ring (bicyclic) bond motifs is 1. The molecule has 0 aliphatic carbocycles. The molecule has 142 valence electrons. The van der Waals surface area contributed by atoms with E-state index >= 15 is 0 Å². The minimum atomic E-state index is -0.357. The molecule has 2 heterocycles. The topological polar surface area (TPSA) is 48.9 Å². The fourth-order valence-corrected chi connectivity index (χ4v) is 3.92. The summed E-state index contributed by atoms with van der Waals surface area (Å²) in [5.41, 5.74) is 3.43. The van der Waals surface area contributed by atoms with Crippen molar-refractivity contribution in [3.8, 4) is 16.9 Å². The molecule has 0 amide bonds. The third kappa shape index (κ3) is 2.62. The molecular formula is C22H20ClN3O2. The van der Waals surface area contributed by atoms with Crippen LogP contribution in [0.3, 0.4) is 0 Å². The van der Waals surface area contributed by atoms with Crippen molar-refractivity contribution in [2.45, 2.75) is 13.3 Å². The first-order valence-electron chi connectivity index (χ1n) is 9.10. The molecule has 0 aliphatic heterocycles. The lowest BCUT2D eigenvalue weighted by Gasteiger charge is -2.14. The molecule has 0 unspecified atom stereocenters. The summed E-state index contributed by atoms with van der Waals surface area (Å²) in [6.45, 7) is 2.09. The van der Waals surface area contributed by atoms with Gasteiger partial charge >= 0.3 is 5.69 Å². The number of aromatic nitrogens is 3. The summed E-state index contributed by atoms with van der Waals surface area (Å²) in [5, 5.41) is 1.03. The number of halogens is 1. The summed E-state index contributed by atoms with van der Waals surface area (Å²) >= 11 is 6.52. The Kier molecular flexibility index (Phi) is 4.47. The van der Waals surface area contributed by atoms with Gasteiger partial charge in [0.15, 0.2) is 0 Å². The summed E-state index contributed by atoms with van der Waals surface area (Å²) in [6.07, 6.45) is 2.69. The van der Waals surface area contributed by atoms with Crippen LogP contribution in [0.15, 0.2) is 64.3 Å². The Labute approximate surface area is 167 Å². The smallest absolute Gasteiger partial charge is 0.313 e. The number of rotatable bonds is 3. The molecule has 0 saturated carbocycles. The number of hydrogen-bond donors (Lipinski definition) is 0. The number of benzene rings is 2. The Balaban J connectivity index is 2.26. The van der Waals surface area contributed by atoms with Gasteiger partial charge in [0.25, 0.3) is 5.56 Å². The average Bonchev–Trinajstić information content (AvgIpc) is 3.11. The Bertz CT molecular complexity index is 1330. The molecule has 4 aromatic rings. The highest BCUT2D eigenvalue weighted by Crippen LogP contribution is 2.35. The standard InChI is InChI=1S/C22H20ClN3O2/c1-4-14-9-5-8-12-17(14)26-13-18-19(21(27)25(3)22(28)24(18)2)20(26)15-10-6-7-11-16(15)23/h5-13H,4H2,1-3H3. The van der Waals surface area contributed by atoms with Gasteiger partial charge in [-0.2, -0.15) is 0 Å². The third-order valence-electron chi connectivity index (χ3n) is 5.20. The molecule has 0 fully saturated rings. The summed E-state index contributed by atoms with van der Waals surface area (Å²) in [4.78, 5) is 25.6. The molecule has 0 aliphatic rings. The fourth-order valence-electron chi connectivity index (χ4n) is 3.69. The number of para-hydroxylation sites is 1. The quantitative estimate of drug-likeness (QED) is 0.530. The van der Waals surface area contributed by atoms with Crippen molar-refractivity contribution in [3.05, 3.63) is 86.2 Å². The highest BCUT2D eigenvalue weighted by molar-refractivity contribution is 6.33. The maximum atomic E-state index is 13.1. The molecule has 6 heteroatoms. The van der Waals surface area contributed by atoms with Crippen LogP contribution >= 0.6 is 11.6 Å². The highest BCUT2D eigenvalue weighted by Gasteiger charge is 2.22. The van der Waals surface area contributed by atoms with Gasteiger partial charge in [0, 0.05) is 36.6 Å². The number of nitrogens with zero attached hydrogens (tertiary/aromatic N) is 3. The van der Waals surface area contributed by atoms with Crippen LogP contribution < -0.4 is 11.2 Å². The van der Waals surface area contributed by atoms with Gasteiger partial charge in [0.1, 0.15) is 0 Å². The normalized spacial score (nSPS) is 11.3. The van der Waals surface area contributed by atoms with Crippen LogP contribution in [0.25, 0.3) is 27.8 Å². The van der Waals surface area contributed by atoms with Crippen LogP contribution in [0.5, 0.6) is 0 Å². The van der Waals surface area contributed by atoms with Crippen molar-refractivity contribution in [1.29, 1.82) is 0 Å². The van der Waals surface area contributed by atoms with Gasteiger partial charge in [-0.05, 0) is 24.1 Å². The van der Waals surface area contributed by atoms with Gasteiger partial charge in [-0.25, -0.2) is 4.79 Å². The van der Waals surface area contributed by atoms with E-state index in [4.69, 9.17) is 11.6 Å². The summed E-state index contributed by atoms with van der Waals surface area (Å²) in [5.74, 6) is 0. The predicted molar refractivity (Wildman–Crippen MR) is 114 cm³/mol. The minimum absolute atomic E-state index is 0.333. The van der Waals surface area contributed by atoms with Crippen molar-refractivity contribution < 1.29 is 0 Å². The lowest BCUT2D eigenvalue weighted by Crippen LogP contribution is -2.36. The second-order valence-electron chi connectivity index (χ2n) is 6.78. The third-order valence-corrected chi connectivity index (χ3v) is 5.53. The molecule has 2 aromatic carbocycles. The molecule has 0 saturated heterocycles. The average molecular weight is 394 g/mol. The van der Waals surface area contributed by atoms with Crippen LogP contribution in [0.1, 0.15) is 12.5 Å². The molecule has 0 N–H and O–H groups in total. The molecule has 0 spiro atoms. The number of hydrogen-bond acceptors (Lipinski definition) is 2. The van der Waals surface area contributed by atoms with E-state index in [-0.39, 0.29) is 11.2 Å². The Morgan fingerprint density at radius 3 is 2.32 bits per heavy atom. The van der Waals surface area contributed by atoms with Gasteiger partial charge < -0.3 is 4.57 Å². The summed E-state index contributed by atoms with van der Waals surface area (Å²) in [7, 11) is 3.17. The zero-order valence-corrected chi connectivity index (χ0v) is 16.7. The van der Waals surface area contributed by atoms with E-state index in [1.54, 1.807) is 13.1 Å². The van der Waals surface area contributed by atoms with Gasteiger partial charge in [-0.1, -0.05) is 54.9 Å². The SMILES string of the molecule is CCc1ccccc1-n1cc2c(c1-c1ccccc1Cl)c(=O)n(C)c(=O)n2C. The van der Waals surface area contributed by atoms with E-state index < -0.39 is 0 Å². The van der Waals surface area contributed by atoms with Gasteiger partial charge in [0.2, 0.25) is 0 Å². The van der Waals surface area contributed by atoms with Crippen molar-refractivity contribution in [2.24, 2.45) is 14.1 Å². The zero-order chi connectivity index (χ0) is 20.0. The van der Waals surface area contributed by atoms with Crippen LogP contribution in [-0.2, 0) is 20.5 Å². The van der Waals surface area contributed by atoms with Crippen molar-refractivity contribution in [1.82, 2.24) is 13.7 Å². The molecular weight excluding hydrogens is 374 g/mol. The first-order valence-corrected chi connectivity index (χ1v) is 9.47. The fraction of sp³-hybridized carbons (Fsp3) is 0.182. The lowest BCUT2D eigenvalue weighted by atomic mass is 10.1. The van der Waals surface area contributed by atoms with Crippen molar-refractivity contribution >= 4 is 22.5 Å². The molecule has 0 atom stereocenters. The molecule has 5 nitrogen and oxygen atoms in total. The Hall–Kier alpha value is -3.05. The molecule has 2 aromatic heterocycles. The molecule has 0 radical (unpaired) electrons. The second-order valence-corrected chi connectivity index (χ2v) is 7.18. The van der Waals surface area contributed by atoms with E-state index in [1.807, 2.05) is 47.2 Å². The van der Waals surface area contributed by atoms with Crippen molar-refractivity contribution in [3.63, 3.8) is 0 Å². The minimum Gasteiger partial charge on any atom is -0.313 e. The first kappa shape index (κ1) is 18.3. The highest BCUT2D eigenvalue weighted by atomic mass is 35.5. The molecule has 0 bridgehead atoms. The Morgan fingerprint density at radius 2 is 1.61 bits per heavy atom. The molecule has 28 heavy (non-hydrogen) atoms. The number of aryl methyl sites for hydroxylation is 2. The predicted octanol–water partition coefficient (Wildman–Crippen LogP) is 3.91. The van der Waals surface area contributed by atoms with Crippen molar-refractivity contribution in [2.75, 3.05) is 0 Å². The van der Waals surface area contributed by atoms with E-state index in [0.717, 1.165) is 27.8 Å². The van der Waals surface area contributed by atoms with E-state index in [2.05, 4.69) is 13.0 Å². The van der Waals surface area contributed by atoms with E-state index in [9.17, 15) is 9.59 Å². The van der Waals surface area contributed by atoms with E-state index in [0.29, 0.717) is 21.6 Å². The Morgan fingerprint density at radius 1 is 0.929 bits per heavy atom. The van der Waals surface area contributed by atoms with Crippen LogP contribution in [0.2, 0.25) is 5.02 Å².